The Balaban J connectivity index is 1.57. The lowest BCUT2D eigenvalue weighted by atomic mass is 10.2. The summed E-state index contributed by atoms with van der Waals surface area (Å²) < 4.78 is 24.9. The largest absolute Gasteiger partial charge is 0.284 e. The number of aliphatic imine (C=N–C) groups is 1. The number of amides is 2. The van der Waals surface area contributed by atoms with Gasteiger partial charge in [0.05, 0.1) is 15.4 Å². The summed E-state index contributed by atoms with van der Waals surface area (Å²) in [6.45, 7) is 0. The highest BCUT2D eigenvalue weighted by Gasteiger charge is 2.28. The van der Waals surface area contributed by atoms with Gasteiger partial charge in [-0.05, 0) is 47.2 Å². The number of benzene rings is 1. The Morgan fingerprint density at radius 2 is 1.62 bits per heavy atom. The molecule has 3 heterocycles. The molecule has 7 nitrogen and oxygen atoms in total. The van der Waals surface area contributed by atoms with E-state index in [1.165, 1.54) is 34.8 Å². The van der Waals surface area contributed by atoms with Crippen LogP contribution in [0.5, 0.6) is 0 Å². The Kier molecular flexibility index (Phi) is 6.82. The van der Waals surface area contributed by atoms with Gasteiger partial charge in [-0.1, -0.05) is 42.1 Å². The highest BCUT2D eigenvalue weighted by molar-refractivity contribution is 8.19. The van der Waals surface area contributed by atoms with Gasteiger partial charge in [0.2, 0.25) is 0 Å². The van der Waals surface area contributed by atoms with Crippen LogP contribution in [0.4, 0.5) is 0 Å². The molecule has 4 rings (SSSR count). The van der Waals surface area contributed by atoms with Crippen LogP contribution in [0.25, 0.3) is 12.2 Å². The van der Waals surface area contributed by atoms with E-state index in [4.69, 9.17) is 0 Å². The molecule has 0 atom stereocenters. The summed E-state index contributed by atoms with van der Waals surface area (Å²) in [6, 6.07) is 15.0. The number of hydrazine groups is 1. The van der Waals surface area contributed by atoms with Gasteiger partial charge in [-0.2, -0.15) is 0 Å². The van der Waals surface area contributed by atoms with Crippen molar-refractivity contribution in [3.63, 3.8) is 0 Å². The fourth-order valence-electron chi connectivity index (χ4n) is 2.61. The number of hydrogen-bond donors (Lipinski definition) is 2. The third-order valence-electron chi connectivity index (χ3n) is 4.09. The molecule has 2 aromatic heterocycles. The minimum absolute atomic E-state index is 0.00742. The smallest absolute Gasteiger partial charge is 0.273 e. The molecule has 2 amide bonds. The lowest BCUT2D eigenvalue weighted by Crippen LogP contribution is -2.42. The second-order valence-corrected chi connectivity index (χ2v) is 11.0. The van der Waals surface area contributed by atoms with Crippen LogP contribution in [0.3, 0.4) is 0 Å². The van der Waals surface area contributed by atoms with Crippen molar-refractivity contribution in [2.75, 3.05) is 0 Å². The topological polar surface area (TPSA) is 105 Å². The average molecular weight is 502 g/mol. The van der Waals surface area contributed by atoms with E-state index in [1.54, 1.807) is 36.4 Å². The Hall–Kier alpha value is -2.83. The highest BCUT2D eigenvalue weighted by atomic mass is 32.2. The molecule has 0 saturated carbocycles. The van der Waals surface area contributed by atoms with Gasteiger partial charge < -0.3 is 0 Å². The molecule has 1 aromatic carbocycles. The maximum Gasteiger partial charge on any atom is 0.284 e. The van der Waals surface area contributed by atoms with E-state index in [9.17, 15) is 18.0 Å². The molecule has 0 radical (unpaired) electrons. The minimum atomic E-state index is -3.96. The number of sulfonamides is 1. The molecule has 1 aliphatic heterocycles. The predicted octanol–water partition coefficient (Wildman–Crippen LogP) is 3.92. The number of carbonyl (C=O) groups is 2. The van der Waals surface area contributed by atoms with Crippen LogP contribution in [-0.4, -0.2) is 25.3 Å². The van der Waals surface area contributed by atoms with Gasteiger partial charge in [0.1, 0.15) is 5.04 Å². The van der Waals surface area contributed by atoms with Crippen LogP contribution >= 0.6 is 34.4 Å². The number of nitrogens with one attached hydrogen (secondary N) is 2. The van der Waals surface area contributed by atoms with Crippen molar-refractivity contribution >= 4 is 73.5 Å². The third kappa shape index (κ3) is 5.31. The van der Waals surface area contributed by atoms with Crippen LogP contribution in [0.15, 0.2) is 85.7 Å². The first-order chi connectivity index (χ1) is 15.4. The van der Waals surface area contributed by atoms with Crippen LogP contribution in [0.1, 0.15) is 9.75 Å². The Bertz CT molecular complexity index is 1320. The monoisotopic (exact) mass is 501 g/mol. The van der Waals surface area contributed by atoms with Crippen molar-refractivity contribution in [1.82, 2.24) is 10.3 Å². The quantitative estimate of drug-likeness (QED) is 0.377. The highest BCUT2D eigenvalue weighted by Crippen LogP contribution is 2.33. The van der Waals surface area contributed by atoms with E-state index >= 15 is 0 Å². The van der Waals surface area contributed by atoms with Crippen LogP contribution < -0.4 is 10.3 Å². The molecule has 0 spiro atoms. The normalized spacial score (nSPS) is 15.8. The average Bonchev–Trinajstić information content (AvgIpc) is 3.55. The second kappa shape index (κ2) is 9.76. The van der Waals surface area contributed by atoms with E-state index in [2.05, 4.69) is 15.2 Å². The van der Waals surface area contributed by atoms with Crippen LogP contribution in [-0.2, 0) is 19.6 Å². The molecular formula is C21H15N3O4S4. The molecule has 0 aliphatic carbocycles. The van der Waals surface area contributed by atoms with Gasteiger partial charge in [-0.3, -0.25) is 15.0 Å². The Morgan fingerprint density at radius 1 is 0.938 bits per heavy atom. The standard InChI is InChI=1S/C21H15N3O4S4/c25-19(23-24-32(27,28)16-8-2-1-3-9-16)17(12-14-6-4-10-29-14)21-22-20(26)18(31-21)13-15-7-5-11-30-15/h1-13,24H,(H,23,25)/b17-12-,18-13-. The predicted molar refractivity (Wildman–Crippen MR) is 130 cm³/mol. The van der Waals surface area contributed by atoms with Crippen molar-refractivity contribution in [3.05, 3.63) is 85.6 Å². The SMILES string of the molecule is O=C1N=C(/C(=C\c2cccs2)C(=O)NNS(=O)(=O)c2ccccc2)S/C1=C\c1cccs1. The second-order valence-electron chi connectivity index (χ2n) is 6.29. The molecule has 11 heteroatoms. The van der Waals surface area contributed by atoms with Crippen molar-refractivity contribution in [1.29, 1.82) is 0 Å². The number of nitrogens with zero attached hydrogens (tertiary/aromatic N) is 1. The van der Waals surface area contributed by atoms with E-state index in [1.807, 2.05) is 29.0 Å². The maximum absolute atomic E-state index is 12.9. The fourth-order valence-corrected chi connectivity index (χ4v) is 5.77. The van der Waals surface area contributed by atoms with E-state index in [0.29, 0.717) is 4.91 Å². The molecule has 1 aliphatic rings. The molecule has 32 heavy (non-hydrogen) atoms. The zero-order valence-electron chi connectivity index (χ0n) is 16.2. The number of thioether (sulfide) groups is 1. The molecular weight excluding hydrogens is 487 g/mol. The van der Waals surface area contributed by atoms with Gasteiger partial charge >= 0.3 is 0 Å². The van der Waals surface area contributed by atoms with Gasteiger partial charge in [-0.25, -0.2) is 13.4 Å². The van der Waals surface area contributed by atoms with Gasteiger partial charge in [0.15, 0.2) is 0 Å². The first-order valence-corrected chi connectivity index (χ1v) is 13.2. The van der Waals surface area contributed by atoms with E-state index < -0.39 is 21.8 Å². The van der Waals surface area contributed by atoms with Gasteiger partial charge in [0, 0.05) is 9.75 Å². The lowest BCUT2D eigenvalue weighted by Gasteiger charge is -2.10. The Labute approximate surface area is 196 Å². The van der Waals surface area contributed by atoms with Crippen LogP contribution in [0.2, 0.25) is 0 Å². The number of hydrogen-bond acceptors (Lipinski definition) is 7. The summed E-state index contributed by atoms with van der Waals surface area (Å²) in [5, 5.41) is 3.94. The summed E-state index contributed by atoms with van der Waals surface area (Å²) in [4.78, 5) is 33.5. The van der Waals surface area contributed by atoms with E-state index in [-0.39, 0.29) is 15.5 Å². The summed E-state index contributed by atoms with van der Waals surface area (Å²) >= 11 is 3.95. The molecule has 0 fully saturated rings. The molecule has 0 saturated heterocycles. The van der Waals surface area contributed by atoms with Gasteiger partial charge in [0.25, 0.3) is 21.8 Å². The van der Waals surface area contributed by atoms with Crippen LogP contribution in [0, 0.1) is 0 Å². The first-order valence-electron chi connectivity index (χ1n) is 9.11. The lowest BCUT2D eigenvalue weighted by molar-refractivity contribution is -0.117. The summed E-state index contributed by atoms with van der Waals surface area (Å²) in [7, 11) is -3.96. The minimum Gasteiger partial charge on any atom is -0.273 e. The summed E-state index contributed by atoms with van der Waals surface area (Å²) in [6.07, 6.45) is 3.29. The molecule has 0 bridgehead atoms. The number of thiophene rings is 2. The first kappa shape index (κ1) is 22.4. The van der Waals surface area contributed by atoms with Crippen molar-refractivity contribution in [2.24, 2.45) is 4.99 Å². The molecule has 0 unspecified atom stereocenters. The molecule has 162 valence electrons. The van der Waals surface area contributed by atoms with Crippen molar-refractivity contribution in [3.8, 4) is 0 Å². The fraction of sp³-hybridized carbons (Fsp3) is 0. The zero-order chi connectivity index (χ0) is 22.6. The van der Waals surface area contributed by atoms with Crippen molar-refractivity contribution in [2.45, 2.75) is 4.90 Å². The van der Waals surface area contributed by atoms with E-state index in [0.717, 1.165) is 21.5 Å². The van der Waals surface area contributed by atoms with Crippen molar-refractivity contribution < 1.29 is 18.0 Å². The van der Waals surface area contributed by atoms with Gasteiger partial charge in [-0.15, -0.1) is 27.5 Å². The summed E-state index contributed by atoms with van der Waals surface area (Å²) in [5.74, 6) is -1.18. The molecule has 3 aromatic rings. The summed E-state index contributed by atoms with van der Waals surface area (Å²) in [5.41, 5.74) is 2.30. The maximum atomic E-state index is 12.9. The zero-order valence-corrected chi connectivity index (χ0v) is 19.5. The molecule has 2 N–H and O–H groups in total. The number of rotatable bonds is 7. The Morgan fingerprint density at radius 3 is 2.28 bits per heavy atom. The third-order valence-corrected chi connectivity index (χ3v) is 8.01. The number of carbonyl (C=O) groups excluding carboxylic acids is 2.